The van der Waals surface area contributed by atoms with Gasteiger partial charge >= 0.3 is 6.09 Å². The van der Waals surface area contributed by atoms with Crippen molar-refractivity contribution in [2.45, 2.75) is 12.5 Å². The predicted molar refractivity (Wildman–Crippen MR) is 74.7 cm³/mol. The summed E-state index contributed by atoms with van der Waals surface area (Å²) in [6.45, 7) is 1.68. The van der Waals surface area contributed by atoms with Crippen molar-refractivity contribution in [1.82, 2.24) is 5.32 Å². The summed E-state index contributed by atoms with van der Waals surface area (Å²) in [5.41, 5.74) is 7.54. The minimum atomic E-state index is -0.377. The van der Waals surface area contributed by atoms with Crippen LogP contribution in [0.1, 0.15) is 6.42 Å². The molecule has 1 aliphatic heterocycles. The number of alkyl carbamates (subject to hydrolysis) is 1. The molecule has 0 aliphatic carbocycles. The van der Waals surface area contributed by atoms with Crippen LogP contribution in [0.15, 0.2) is 22.7 Å². The van der Waals surface area contributed by atoms with Crippen molar-refractivity contribution in [1.29, 1.82) is 0 Å². The van der Waals surface area contributed by atoms with E-state index in [0.29, 0.717) is 0 Å². The maximum atomic E-state index is 11.1. The number of halogens is 1. The topological polar surface area (TPSA) is 67.6 Å². The monoisotopic (exact) mass is 313 g/mol. The molecule has 0 bridgehead atoms. The van der Waals surface area contributed by atoms with E-state index in [9.17, 15) is 4.79 Å². The largest absolute Gasteiger partial charge is 0.453 e. The summed E-state index contributed by atoms with van der Waals surface area (Å²) < 4.78 is 5.57. The Labute approximate surface area is 114 Å². The molecular formula is C12H16BrN3O2. The van der Waals surface area contributed by atoms with Gasteiger partial charge in [0.1, 0.15) is 0 Å². The highest BCUT2D eigenvalue weighted by atomic mass is 79.9. The van der Waals surface area contributed by atoms with Crippen LogP contribution < -0.4 is 16.0 Å². The number of nitrogens with two attached hydrogens (primary N) is 1. The maximum absolute atomic E-state index is 11.1. The molecule has 0 spiro atoms. The van der Waals surface area contributed by atoms with Crippen molar-refractivity contribution < 1.29 is 9.53 Å². The number of anilines is 2. The number of ether oxygens (including phenoxy) is 1. The van der Waals surface area contributed by atoms with Crippen molar-refractivity contribution >= 4 is 33.4 Å². The van der Waals surface area contributed by atoms with E-state index in [0.717, 1.165) is 35.4 Å². The van der Waals surface area contributed by atoms with Crippen LogP contribution in [0.3, 0.4) is 0 Å². The van der Waals surface area contributed by atoms with E-state index in [4.69, 9.17) is 5.73 Å². The first-order chi connectivity index (χ1) is 8.60. The molecule has 3 N–H and O–H groups in total. The number of hydrogen-bond donors (Lipinski definition) is 2. The summed E-state index contributed by atoms with van der Waals surface area (Å²) in [6, 6.07) is 5.87. The molecule has 0 aromatic heterocycles. The average molecular weight is 314 g/mol. The van der Waals surface area contributed by atoms with Gasteiger partial charge in [0.05, 0.1) is 18.8 Å². The van der Waals surface area contributed by atoms with Crippen LogP contribution in [-0.4, -0.2) is 32.3 Å². The third-order valence-corrected chi connectivity index (χ3v) is 3.64. The third-order valence-electron chi connectivity index (χ3n) is 3.01. The lowest BCUT2D eigenvalue weighted by Gasteiger charge is -2.20. The molecule has 1 aromatic rings. The first-order valence-electron chi connectivity index (χ1n) is 5.74. The number of benzene rings is 1. The number of nitrogens with zero attached hydrogens (tertiary/aromatic N) is 1. The highest BCUT2D eigenvalue weighted by Crippen LogP contribution is 2.30. The molecule has 1 heterocycles. The second kappa shape index (κ2) is 5.48. The van der Waals surface area contributed by atoms with E-state index < -0.39 is 0 Å². The zero-order chi connectivity index (χ0) is 13.1. The predicted octanol–water partition coefficient (Wildman–Crippen LogP) is 1.97. The van der Waals surface area contributed by atoms with Gasteiger partial charge < -0.3 is 20.7 Å². The van der Waals surface area contributed by atoms with Gasteiger partial charge in [-0.1, -0.05) is 0 Å². The summed E-state index contributed by atoms with van der Waals surface area (Å²) in [7, 11) is 1.37. The van der Waals surface area contributed by atoms with Crippen molar-refractivity contribution in [3.8, 4) is 0 Å². The Kier molecular flexibility index (Phi) is 3.96. The molecule has 1 amide bonds. The fraction of sp³-hybridized carbons (Fsp3) is 0.417. The molecule has 18 heavy (non-hydrogen) atoms. The fourth-order valence-corrected chi connectivity index (χ4v) is 2.75. The van der Waals surface area contributed by atoms with Gasteiger partial charge in [0, 0.05) is 23.2 Å². The van der Waals surface area contributed by atoms with Crippen LogP contribution in [0.4, 0.5) is 16.2 Å². The number of nitrogens with one attached hydrogen (secondary N) is 1. The lowest BCUT2D eigenvalue weighted by molar-refractivity contribution is 0.167. The molecule has 1 unspecified atom stereocenters. The van der Waals surface area contributed by atoms with E-state index in [1.807, 2.05) is 18.2 Å². The van der Waals surface area contributed by atoms with Crippen LogP contribution in [0.25, 0.3) is 0 Å². The average Bonchev–Trinajstić information content (AvgIpc) is 2.77. The van der Waals surface area contributed by atoms with Gasteiger partial charge in [-0.2, -0.15) is 0 Å². The van der Waals surface area contributed by atoms with Gasteiger partial charge in [-0.15, -0.1) is 0 Å². The normalized spacial score (nSPS) is 18.8. The van der Waals surface area contributed by atoms with Gasteiger partial charge in [-0.05, 0) is 40.5 Å². The minimum absolute atomic E-state index is 0.127. The van der Waals surface area contributed by atoms with Gasteiger partial charge in [0.15, 0.2) is 0 Å². The molecule has 6 heteroatoms. The Morgan fingerprint density at radius 3 is 3.06 bits per heavy atom. The first kappa shape index (κ1) is 13.0. The van der Waals surface area contributed by atoms with Crippen LogP contribution in [0.5, 0.6) is 0 Å². The Bertz CT molecular complexity index is 453. The van der Waals surface area contributed by atoms with Crippen LogP contribution in [0.2, 0.25) is 0 Å². The van der Waals surface area contributed by atoms with E-state index in [2.05, 4.69) is 30.9 Å². The van der Waals surface area contributed by atoms with Gasteiger partial charge in [0.25, 0.3) is 0 Å². The van der Waals surface area contributed by atoms with Crippen molar-refractivity contribution in [2.75, 3.05) is 30.8 Å². The molecule has 0 saturated carbocycles. The zero-order valence-electron chi connectivity index (χ0n) is 10.1. The first-order valence-corrected chi connectivity index (χ1v) is 6.54. The Morgan fingerprint density at radius 1 is 1.61 bits per heavy atom. The smallest absolute Gasteiger partial charge is 0.407 e. The SMILES string of the molecule is COC(=O)NC1CCN(c2ccc(N)cc2Br)C1. The molecule has 1 aromatic carbocycles. The summed E-state index contributed by atoms with van der Waals surface area (Å²) >= 11 is 3.51. The van der Waals surface area contributed by atoms with E-state index in [1.165, 1.54) is 7.11 Å². The Morgan fingerprint density at radius 2 is 2.39 bits per heavy atom. The Hall–Kier alpha value is -1.43. The van der Waals surface area contributed by atoms with Crippen molar-refractivity contribution in [2.24, 2.45) is 0 Å². The van der Waals surface area contributed by atoms with Crippen LogP contribution in [0, 0.1) is 0 Å². The zero-order valence-corrected chi connectivity index (χ0v) is 11.7. The van der Waals surface area contributed by atoms with E-state index in [1.54, 1.807) is 0 Å². The van der Waals surface area contributed by atoms with Gasteiger partial charge in [-0.3, -0.25) is 0 Å². The number of rotatable bonds is 2. The lowest BCUT2D eigenvalue weighted by atomic mass is 10.2. The van der Waals surface area contributed by atoms with Crippen LogP contribution in [-0.2, 0) is 4.74 Å². The molecule has 0 radical (unpaired) electrons. The molecule has 2 rings (SSSR count). The number of carbonyl (C=O) groups is 1. The molecule has 5 nitrogen and oxygen atoms in total. The standard InChI is InChI=1S/C12H16BrN3O2/c1-18-12(17)15-9-4-5-16(7-9)11-3-2-8(14)6-10(11)13/h2-3,6,9H,4-5,7,14H2,1H3,(H,15,17). The Balaban J connectivity index is 2.02. The molecule has 1 saturated heterocycles. The van der Waals surface area contributed by atoms with Crippen molar-refractivity contribution in [3.05, 3.63) is 22.7 Å². The maximum Gasteiger partial charge on any atom is 0.407 e. The highest BCUT2D eigenvalue weighted by molar-refractivity contribution is 9.10. The molecule has 1 fully saturated rings. The minimum Gasteiger partial charge on any atom is -0.453 e. The summed E-state index contributed by atoms with van der Waals surface area (Å²) in [6.07, 6.45) is 0.532. The second-order valence-electron chi connectivity index (χ2n) is 4.28. The summed E-state index contributed by atoms with van der Waals surface area (Å²) in [5.74, 6) is 0. The number of hydrogen-bond acceptors (Lipinski definition) is 4. The van der Waals surface area contributed by atoms with E-state index in [-0.39, 0.29) is 12.1 Å². The van der Waals surface area contributed by atoms with E-state index >= 15 is 0 Å². The number of nitrogen functional groups attached to an aromatic ring is 1. The molecular weight excluding hydrogens is 298 g/mol. The third kappa shape index (κ3) is 2.87. The highest BCUT2D eigenvalue weighted by Gasteiger charge is 2.25. The number of amides is 1. The fourth-order valence-electron chi connectivity index (χ4n) is 2.10. The summed E-state index contributed by atoms with van der Waals surface area (Å²) in [5, 5.41) is 2.82. The molecule has 1 aliphatic rings. The summed E-state index contributed by atoms with van der Waals surface area (Å²) in [4.78, 5) is 13.4. The number of methoxy groups -OCH3 is 1. The molecule has 1 atom stereocenters. The van der Waals surface area contributed by atoms with Crippen molar-refractivity contribution in [3.63, 3.8) is 0 Å². The van der Waals surface area contributed by atoms with Gasteiger partial charge in [0.2, 0.25) is 0 Å². The lowest BCUT2D eigenvalue weighted by Crippen LogP contribution is -2.37. The molecule has 98 valence electrons. The van der Waals surface area contributed by atoms with Gasteiger partial charge in [-0.25, -0.2) is 4.79 Å². The number of carbonyl (C=O) groups excluding carboxylic acids is 1. The quantitative estimate of drug-likeness (QED) is 0.819. The second-order valence-corrected chi connectivity index (χ2v) is 5.13. The van der Waals surface area contributed by atoms with Crippen LogP contribution >= 0.6 is 15.9 Å².